The molecule has 144 valence electrons. The minimum Gasteiger partial charge on any atom is -0.397 e. The Kier molecular flexibility index (Phi) is 3.53. The maximum atomic E-state index is 13.9. The van der Waals surface area contributed by atoms with E-state index in [0.717, 1.165) is 30.6 Å². The molecule has 4 aliphatic rings. The Labute approximate surface area is 159 Å². The summed E-state index contributed by atoms with van der Waals surface area (Å²) in [6, 6.07) is 1.24. The average Bonchev–Trinajstić information content (AvgIpc) is 2.89. The molecule has 0 saturated heterocycles. The van der Waals surface area contributed by atoms with E-state index in [-0.39, 0.29) is 32.0 Å². The van der Waals surface area contributed by atoms with Crippen LogP contribution < -0.4 is 5.73 Å². The monoisotopic (exact) mass is 394 g/mol. The molecule has 4 bridgehead atoms. The van der Waals surface area contributed by atoms with Crippen LogP contribution in [0, 0.1) is 17.8 Å². The molecule has 2 aromatic rings. The fraction of sp³-hybridized carbons (Fsp3) is 0.600. The number of carbonyl (C=O) groups excluding carboxylic acids is 1. The molecule has 0 aliphatic heterocycles. The van der Waals surface area contributed by atoms with Crippen LogP contribution in [0.3, 0.4) is 0 Å². The molecule has 27 heavy (non-hydrogen) atoms. The van der Waals surface area contributed by atoms with Crippen molar-refractivity contribution in [1.29, 1.82) is 0 Å². The quantitative estimate of drug-likeness (QED) is 0.678. The number of carbonyl (C=O) groups is 1. The molecule has 0 amide bonds. The van der Waals surface area contributed by atoms with Gasteiger partial charge in [0.05, 0.1) is 16.1 Å². The molecule has 0 atom stereocenters. The number of pyridine rings is 1. The zero-order chi connectivity index (χ0) is 19.1. The molecule has 0 aromatic carbocycles. The van der Waals surface area contributed by atoms with Crippen molar-refractivity contribution in [2.45, 2.75) is 57.0 Å². The number of nitrogens with two attached hydrogens (primary N) is 1. The summed E-state index contributed by atoms with van der Waals surface area (Å²) in [6.45, 7) is 1.33. The highest BCUT2D eigenvalue weighted by Gasteiger charge is 2.53. The van der Waals surface area contributed by atoms with Crippen molar-refractivity contribution in [3.05, 3.63) is 22.2 Å². The van der Waals surface area contributed by atoms with E-state index < -0.39 is 11.7 Å². The van der Waals surface area contributed by atoms with Crippen LogP contribution in [0.25, 0.3) is 10.2 Å². The van der Waals surface area contributed by atoms with Crippen LogP contribution in [-0.4, -0.2) is 10.8 Å². The molecular weight excluding hydrogens is 373 g/mol. The zero-order valence-corrected chi connectivity index (χ0v) is 15.8. The third kappa shape index (κ3) is 2.53. The van der Waals surface area contributed by atoms with Gasteiger partial charge in [-0.3, -0.25) is 4.79 Å². The molecule has 0 spiro atoms. The first-order valence-corrected chi connectivity index (χ1v) is 10.3. The van der Waals surface area contributed by atoms with Crippen LogP contribution in [0.15, 0.2) is 6.07 Å². The summed E-state index contributed by atoms with van der Waals surface area (Å²) in [5.41, 5.74) is 5.45. The maximum absolute atomic E-state index is 13.9. The third-order valence-corrected chi connectivity index (χ3v) is 8.11. The van der Waals surface area contributed by atoms with Gasteiger partial charge in [-0.25, -0.2) is 4.98 Å². The number of anilines is 1. The minimum absolute atomic E-state index is 0.0839. The van der Waals surface area contributed by atoms with Gasteiger partial charge in [0, 0.05) is 23.4 Å². The number of thiophene rings is 1. The van der Waals surface area contributed by atoms with Crippen LogP contribution in [0.2, 0.25) is 0 Å². The number of nitrogens with zero attached hydrogens (tertiary/aromatic N) is 1. The lowest BCUT2D eigenvalue weighted by atomic mass is 9.48. The molecule has 3 nitrogen and oxygen atoms in total. The Morgan fingerprint density at radius 3 is 2.22 bits per heavy atom. The predicted octanol–water partition coefficient (Wildman–Crippen LogP) is 5.57. The second-order valence-electron chi connectivity index (χ2n) is 8.83. The van der Waals surface area contributed by atoms with Crippen molar-refractivity contribution in [3.63, 3.8) is 0 Å². The molecule has 4 fully saturated rings. The number of aromatic nitrogens is 1. The van der Waals surface area contributed by atoms with Gasteiger partial charge in [0.15, 0.2) is 5.78 Å². The van der Waals surface area contributed by atoms with E-state index in [9.17, 15) is 18.0 Å². The minimum atomic E-state index is -4.53. The molecule has 4 aliphatic carbocycles. The molecule has 2 N–H and O–H groups in total. The lowest BCUT2D eigenvalue weighted by Gasteiger charge is -2.56. The lowest BCUT2D eigenvalue weighted by Crippen LogP contribution is -2.49. The fourth-order valence-electron chi connectivity index (χ4n) is 6.30. The number of alkyl halides is 3. The Morgan fingerprint density at radius 1 is 1.19 bits per heavy atom. The fourth-order valence-corrected chi connectivity index (χ4v) is 7.32. The first-order valence-electron chi connectivity index (χ1n) is 9.48. The molecule has 2 aromatic heterocycles. The van der Waals surface area contributed by atoms with Crippen molar-refractivity contribution in [3.8, 4) is 0 Å². The Hall–Kier alpha value is -1.63. The predicted molar refractivity (Wildman–Crippen MR) is 98.9 cm³/mol. The molecule has 4 saturated carbocycles. The summed E-state index contributed by atoms with van der Waals surface area (Å²) in [5, 5.41) is -0.105. The van der Waals surface area contributed by atoms with Crippen LogP contribution in [0.4, 0.5) is 18.9 Å². The highest BCUT2D eigenvalue weighted by molar-refractivity contribution is 7.21. The summed E-state index contributed by atoms with van der Waals surface area (Å²) in [7, 11) is 0. The summed E-state index contributed by atoms with van der Waals surface area (Å²) in [4.78, 5) is 16.9. The number of ketones is 1. The zero-order valence-electron chi connectivity index (χ0n) is 15.0. The van der Waals surface area contributed by atoms with Crippen molar-refractivity contribution in [2.24, 2.45) is 17.8 Å². The largest absolute Gasteiger partial charge is 0.417 e. The van der Waals surface area contributed by atoms with Gasteiger partial charge in [-0.2, -0.15) is 13.2 Å². The molecule has 6 rings (SSSR count). The van der Waals surface area contributed by atoms with E-state index in [2.05, 4.69) is 4.98 Å². The summed E-state index contributed by atoms with van der Waals surface area (Å²) in [5.74, 6) is 1.53. The van der Waals surface area contributed by atoms with E-state index in [1.807, 2.05) is 0 Å². The molecular formula is C20H21F3N2OS. The number of nitrogen functional groups attached to an aromatic ring is 1. The molecule has 7 heteroatoms. The first kappa shape index (κ1) is 17.5. The van der Waals surface area contributed by atoms with Gasteiger partial charge in [0.1, 0.15) is 4.83 Å². The first-order chi connectivity index (χ1) is 12.7. The lowest BCUT2D eigenvalue weighted by molar-refractivity contribution is -0.136. The number of Topliss-reactive ketones (excluding diaryl/α,β-unsaturated/α-hetero) is 1. The Morgan fingerprint density at radius 2 is 1.74 bits per heavy atom. The van der Waals surface area contributed by atoms with Gasteiger partial charge < -0.3 is 5.73 Å². The van der Waals surface area contributed by atoms with Gasteiger partial charge in [0.25, 0.3) is 0 Å². The van der Waals surface area contributed by atoms with Crippen LogP contribution in [0.5, 0.6) is 0 Å². The van der Waals surface area contributed by atoms with E-state index in [0.29, 0.717) is 23.4 Å². The summed E-state index contributed by atoms with van der Waals surface area (Å²) < 4.78 is 41.7. The average molecular weight is 394 g/mol. The number of hydrogen-bond acceptors (Lipinski definition) is 4. The van der Waals surface area contributed by atoms with Crippen LogP contribution >= 0.6 is 11.3 Å². The number of halogens is 3. The second kappa shape index (κ2) is 5.46. The Bertz CT molecular complexity index is 927. The van der Waals surface area contributed by atoms with Gasteiger partial charge in [-0.1, -0.05) is 0 Å². The molecule has 0 unspecified atom stereocenters. The highest BCUT2D eigenvalue weighted by Crippen LogP contribution is 2.61. The van der Waals surface area contributed by atoms with Gasteiger partial charge >= 0.3 is 6.18 Å². The van der Waals surface area contributed by atoms with Gasteiger partial charge in [-0.15, -0.1) is 11.3 Å². The Balaban J connectivity index is 1.73. The highest BCUT2D eigenvalue weighted by atomic mass is 32.1. The van der Waals surface area contributed by atoms with E-state index in [1.54, 1.807) is 0 Å². The van der Waals surface area contributed by atoms with Gasteiger partial charge in [-0.05, 0) is 62.3 Å². The topological polar surface area (TPSA) is 56.0 Å². The normalized spacial score (nSPS) is 32.4. The van der Waals surface area contributed by atoms with Crippen LogP contribution in [0.1, 0.15) is 66.4 Å². The SMILES string of the molecule is CC(=O)c1sc2nc(C34CC5CC(CC(C5)C3)C4)cc(C(F)(F)F)c2c1N. The summed E-state index contributed by atoms with van der Waals surface area (Å²) in [6.07, 6.45) is 1.94. The number of rotatable bonds is 2. The van der Waals surface area contributed by atoms with E-state index >= 15 is 0 Å². The number of hydrogen-bond donors (Lipinski definition) is 1. The molecule has 0 radical (unpaired) electrons. The van der Waals surface area contributed by atoms with Crippen molar-refractivity contribution in [1.82, 2.24) is 4.98 Å². The van der Waals surface area contributed by atoms with E-state index in [1.165, 1.54) is 32.3 Å². The van der Waals surface area contributed by atoms with Gasteiger partial charge in [0.2, 0.25) is 0 Å². The molecule has 2 heterocycles. The van der Waals surface area contributed by atoms with Crippen molar-refractivity contribution < 1.29 is 18.0 Å². The number of fused-ring (bicyclic) bond motifs is 1. The van der Waals surface area contributed by atoms with Crippen molar-refractivity contribution >= 4 is 33.0 Å². The van der Waals surface area contributed by atoms with Crippen molar-refractivity contribution in [2.75, 3.05) is 5.73 Å². The summed E-state index contributed by atoms with van der Waals surface area (Å²) >= 11 is 0.995. The smallest absolute Gasteiger partial charge is 0.397 e. The third-order valence-electron chi connectivity index (χ3n) is 6.91. The van der Waals surface area contributed by atoms with E-state index in [4.69, 9.17) is 5.73 Å². The second-order valence-corrected chi connectivity index (χ2v) is 9.83. The standard InChI is InChI=1S/C20H21F3N2OS/c1-9(26)17-16(24)15-13(20(21,22)23)5-14(25-18(15)27-17)19-6-10-2-11(7-19)4-12(3-10)8-19/h5,10-12H,2-4,6-8,24H2,1H3. The maximum Gasteiger partial charge on any atom is 0.417 e. The van der Waals surface area contributed by atoms with Crippen LogP contribution in [-0.2, 0) is 11.6 Å².